The SMILES string of the molecule is Cc1ccc2c(c1)C1(c3ccccc3-c3ccccc31)c1cc(C)ccc1N2c1cccc(C(=N)/C=C(\C=N)c2cccc(N3c4ccc(C)cc4C4(c5ccccc5-c5ccccc54)c4cc(C)ccc43)c2)c1. The molecule has 0 unspecified atom stereocenters. The van der Waals surface area contributed by atoms with E-state index in [0.717, 1.165) is 45.3 Å². The number of benzene rings is 10. The Bertz CT molecular complexity index is 3890. The Hall–Kier alpha value is -9.12. The minimum absolute atomic E-state index is 0.330. The van der Waals surface area contributed by atoms with Gasteiger partial charge in [-0.05, 0) is 155 Å². The van der Waals surface area contributed by atoms with Crippen LogP contribution < -0.4 is 9.80 Å². The Labute approximate surface area is 433 Å². The van der Waals surface area contributed by atoms with E-state index in [1.54, 1.807) is 0 Å². The third-order valence-electron chi connectivity index (χ3n) is 16.4. The van der Waals surface area contributed by atoms with Crippen LogP contribution in [0.4, 0.5) is 34.1 Å². The van der Waals surface area contributed by atoms with Gasteiger partial charge in [-0.1, -0.05) is 192 Å². The molecule has 0 amide bonds. The molecule has 4 aliphatic rings. The van der Waals surface area contributed by atoms with Gasteiger partial charge in [-0.3, -0.25) is 0 Å². The van der Waals surface area contributed by atoms with E-state index < -0.39 is 10.8 Å². The number of aryl methyl sites for hydroxylation is 4. The summed E-state index contributed by atoms with van der Waals surface area (Å²) in [6.07, 6.45) is 3.24. The van der Waals surface area contributed by atoms with Crippen LogP contribution in [-0.4, -0.2) is 11.9 Å². The standard InChI is InChI=1S/C70H52N4/c1-43-27-31-65-60(35-43)69(56-23-9-5-19-52(56)53-20-6-10-24-57(53)69)61-36-44(2)28-32-66(61)73(65)50-17-13-15-47(39-50)49(42-71)41-64(72)48-16-14-18-51(40-48)74-67-33-29-45(3)37-62(67)70(63-38-46(4)30-34-68(63)74)58-25-11-7-21-54(58)55-22-8-12-26-59(55)70/h5-42,71-72H,1-4H3/b49-41+,71-42?,72-64?. The highest BCUT2D eigenvalue weighted by Gasteiger charge is 2.53. The van der Waals surface area contributed by atoms with E-state index in [1.165, 1.54) is 95.2 Å². The number of nitrogens with zero attached hydrogens (tertiary/aromatic N) is 2. The van der Waals surface area contributed by atoms with Gasteiger partial charge < -0.3 is 20.6 Å². The Morgan fingerprint density at radius 1 is 0.351 bits per heavy atom. The van der Waals surface area contributed by atoms with Gasteiger partial charge in [0.05, 0.1) is 39.3 Å². The summed E-state index contributed by atoms with van der Waals surface area (Å²) in [7, 11) is 0. The number of rotatable bonds is 6. The van der Waals surface area contributed by atoms with Gasteiger partial charge in [0.2, 0.25) is 0 Å². The molecule has 0 bridgehead atoms. The van der Waals surface area contributed by atoms with Gasteiger partial charge >= 0.3 is 0 Å². The van der Waals surface area contributed by atoms with Crippen molar-refractivity contribution in [1.82, 2.24) is 0 Å². The second kappa shape index (κ2) is 16.2. The fourth-order valence-electron chi connectivity index (χ4n) is 13.4. The highest BCUT2D eigenvalue weighted by Crippen LogP contribution is 2.65. The molecule has 0 aromatic heterocycles. The van der Waals surface area contributed by atoms with E-state index >= 15 is 0 Å². The van der Waals surface area contributed by atoms with Crippen molar-refractivity contribution < 1.29 is 0 Å². The quantitative estimate of drug-likeness (QED) is 0.163. The molecule has 0 saturated heterocycles. The Kier molecular flexibility index (Phi) is 9.55. The molecule has 2 spiro atoms. The molecular formula is C70H52N4. The van der Waals surface area contributed by atoms with E-state index in [2.05, 4.69) is 250 Å². The van der Waals surface area contributed by atoms with Gasteiger partial charge in [-0.15, -0.1) is 0 Å². The first-order valence-electron chi connectivity index (χ1n) is 25.7. The Balaban J connectivity index is 0.870. The fourth-order valence-corrected chi connectivity index (χ4v) is 13.4. The summed E-state index contributed by atoms with van der Waals surface area (Å²) in [6.45, 7) is 8.77. The monoisotopic (exact) mass is 948 g/mol. The average Bonchev–Trinajstić information content (AvgIpc) is 4.01. The molecule has 2 aliphatic carbocycles. The minimum atomic E-state index is -0.516. The highest BCUT2D eigenvalue weighted by atomic mass is 15.2. The van der Waals surface area contributed by atoms with Crippen molar-refractivity contribution in [2.24, 2.45) is 0 Å². The molecule has 2 N–H and O–H groups in total. The zero-order valence-corrected chi connectivity index (χ0v) is 41.8. The fraction of sp³-hybridized carbons (Fsp3) is 0.0857. The molecule has 352 valence electrons. The molecular weight excluding hydrogens is 897 g/mol. The average molecular weight is 949 g/mol. The van der Waals surface area contributed by atoms with E-state index in [-0.39, 0.29) is 0 Å². The van der Waals surface area contributed by atoms with Gasteiger partial charge in [-0.25, -0.2) is 0 Å². The van der Waals surface area contributed by atoms with Crippen LogP contribution >= 0.6 is 0 Å². The molecule has 4 heteroatoms. The summed E-state index contributed by atoms with van der Waals surface area (Å²) in [6, 6.07) is 80.2. The van der Waals surface area contributed by atoms with Crippen LogP contribution in [0.5, 0.6) is 0 Å². The van der Waals surface area contributed by atoms with Gasteiger partial charge in [0, 0.05) is 28.7 Å². The molecule has 4 nitrogen and oxygen atoms in total. The van der Waals surface area contributed by atoms with Crippen LogP contribution in [-0.2, 0) is 10.8 Å². The molecule has 10 aromatic carbocycles. The largest absolute Gasteiger partial charge is 0.310 e. The first-order chi connectivity index (χ1) is 36.2. The van der Waals surface area contributed by atoms with Crippen LogP contribution in [0.2, 0.25) is 0 Å². The summed E-state index contributed by atoms with van der Waals surface area (Å²) < 4.78 is 0. The lowest BCUT2D eigenvalue weighted by molar-refractivity contribution is 0.750. The number of hydrogen-bond donors (Lipinski definition) is 2. The molecule has 0 fully saturated rings. The normalized spacial score (nSPS) is 14.6. The van der Waals surface area contributed by atoms with Gasteiger partial charge in [0.25, 0.3) is 0 Å². The van der Waals surface area contributed by atoms with E-state index in [4.69, 9.17) is 5.41 Å². The van der Waals surface area contributed by atoms with Crippen molar-refractivity contribution in [3.8, 4) is 22.3 Å². The van der Waals surface area contributed by atoms with Crippen LogP contribution in [0.3, 0.4) is 0 Å². The van der Waals surface area contributed by atoms with Crippen molar-refractivity contribution >= 4 is 51.6 Å². The minimum Gasteiger partial charge on any atom is -0.310 e. The summed E-state index contributed by atoms with van der Waals surface area (Å²) in [5.74, 6) is 0. The molecule has 74 heavy (non-hydrogen) atoms. The zero-order chi connectivity index (χ0) is 50.0. The van der Waals surface area contributed by atoms with Crippen molar-refractivity contribution in [2.75, 3.05) is 9.80 Å². The first-order valence-corrected chi connectivity index (χ1v) is 25.7. The first kappa shape index (κ1) is 43.7. The Morgan fingerprint density at radius 3 is 1.03 bits per heavy atom. The number of anilines is 6. The maximum absolute atomic E-state index is 9.75. The van der Waals surface area contributed by atoms with Crippen molar-refractivity contribution in [1.29, 1.82) is 10.8 Å². The molecule has 14 rings (SSSR count). The lowest BCUT2D eigenvalue weighted by Gasteiger charge is -2.45. The lowest BCUT2D eigenvalue weighted by atomic mass is 9.64. The molecule has 0 atom stereocenters. The molecule has 0 radical (unpaired) electrons. The molecule has 0 saturated carbocycles. The van der Waals surface area contributed by atoms with Gasteiger partial charge in [0.1, 0.15) is 0 Å². The summed E-state index contributed by atoms with van der Waals surface area (Å²) in [5, 5.41) is 18.6. The number of nitrogens with one attached hydrogen (secondary N) is 2. The maximum atomic E-state index is 9.75. The smallest absolute Gasteiger partial charge is 0.0754 e. The van der Waals surface area contributed by atoms with Crippen molar-refractivity contribution in [3.05, 3.63) is 302 Å². The van der Waals surface area contributed by atoms with Crippen LogP contribution in [0, 0.1) is 38.5 Å². The molecule has 2 heterocycles. The van der Waals surface area contributed by atoms with Crippen molar-refractivity contribution in [3.63, 3.8) is 0 Å². The third-order valence-corrected chi connectivity index (χ3v) is 16.4. The topological polar surface area (TPSA) is 54.2 Å². The lowest BCUT2D eigenvalue weighted by Crippen LogP contribution is -2.36. The highest BCUT2D eigenvalue weighted by molar-refractivity contribution is 6.20. The zero-order valence-electron chi connectivity index (χ0n) is 41.8. The second-order valence-corrected chi connectivity index (χ2v) is 20.7. The van der Waals surface area contributed by atoms with E-state index in [1.807, 2.05) is 12.1 Å². The molecule has 2 aliphatic heterocycles. The Morgan fingerprint density at radius 2 is 0.676 bits per heavy atom. The number of hydrogen-bond acceptors (Lipinski definition) is 4. The van der Waals surface area contributed by atoms with E-state index in [9.17, 15) is 5.41 Å². The second-order valence-electron chi connectivity index (χ2n) is 20.7. The maximum Gasteiger partial charge on any atom is 0.0754 e. The summed E-state index contributed by atoms with van der Waals surface area (Å²) >= 11 is 0. The van der Waals surface area contributed by atoms with E-state index in [0.29, 0.717) is 11.3 Å². The molecule has 10 aromatic rings. The summed E-state index contributed by atoms with van der Waals surface area (Å²) in [5.41, 5.74) is 28.2. The predicted octanol–water partition coefficient (Wildman–Crippen LogP) is 17.3. The van der Waals surface area contributed by atoms with Crippen LogP contribution in [0.1, 0.15) is 77.9 Å². The summed E-state index contributed by atoms with van der Waals surface area (Å²) in [4.78, 5) is 4.80. The third kappa shape index (κ3) is 5.97. The van der Waals surface area contributed by atoms with Crippen molar-refractivity contribution in [2.45, 2.75) is 38.5 Å². The van der Waals surface area contributed by atoms with Crippen LogP contribution in [0.25, 0.3) is 27.8 Å². The number of allylic oxidation sites excluding steroid dienone is 2. The van der Waals surface area contributed by atoms with Gasteiger partial charge in [-0.2, -0.15) is 0 Å². The van der Waals surface area contributed by atoms with Crippen LogP contribution in [0.15, 0.2) is 224 Å². The predicted molar refractivity (Wildman–Crippen MR) is 307 cm³/mol. The van der Waals surface area contributed by atoms with Gasteiger partial charge in [0.15, 0.2) is 0 Å². The number of fused-ring (bicyclic) bond motifs is 18.